The lowest BCUT2D eigenvalue weighted by molar-refractivity contribution is -0.112. The van der Waals surface area contributed by atoms with Crippen LogP contribution in [0.2, 0.25) is 0 Å². The Balaban J connectivity index is 1.21. The zero-order valence-electron chi connectivity index (χ0n) is 15.7. The van der Waals surface area contributed by atoms with Crippen LogP contribution >= 0.6 is 0 Å². The first-order valence-corrected chi connectivity index (χ1v) is 10.3. The third-order valence-electron chi connectivity index (χ3n) is 6.50. The van der Waals surface area contributed by atoms with E-state index in [4.69, 9.17) is 4.74 Å². The molecule has 3 aliphatic rings. The lowest BCUT2D eigenvalue weighted by Gasteiger charge is -2.45. The van der Waals surface area contributed by atoms with Gasteiger partial charge in [-0.05, 0) is 63.0 Å². The molecule has 0 atom stereocenters. The van der Waals surface area contributed by atoms with Crippen LogP contribution in [0.1, 0.15) is 55.4 Å². The zero-order chi connectivity index (χ0) is 17.8. The van der Waals surface area contributed by atoms with Crippen molar-refractivity contribution in [2.75, 3.05) is 39.3 Å². The van der Waals surface area contributed by atoms with E-state index in [0.717, 1.165) is 32.5 Å². The molecule has 0 aromatic carbocycles. The van der Waals surface area contributed by atoms with Crippen LogP contribution in [0.3, 0.4) is 0 Å². The Bertz CT molecular complexity index is 583. The second-order valence-corrected chi connectivity index (χ2v) is 8.24. The summed E-state index contributed by atoms with van der Waals surface area (Å²) in [6.45, 7) is 6.21. The van der Waals surface area contributed by atoms with Crippen molar-refractivity contribution in [3.05, 3.63) is 30.1 Å². The standard InChI is InChI=1S/C21H31N3O2/c25-20(19-5-1-3-11-22-19)24-12-6-18(7-13-24)17-23-14-9-21(10-15-23)8-2-4-16-26-21/h1,3,5,11,18H,2,4,6-10,12-17H2. The van der Waals surface area contributed by atoms with Gasteiger partial charge in [-0.2, -0.15) is 0 Å². The van der Waals surface area contributed by atoms with Crippen molar-refractivity contribution in [1.82, 2.24) is 14.8 Å². The molecule has 5 nitrogen and oxygen atoms in total. The Kier molecular flexibility index (Phi) is 5.55. The SMILES string of the molecule is O=C(c1ccccn1)N1CCC(CN2CCC3(CCCCO3)CC2)CC1. The lowest BCUT2D eigenvalue weighted by atomic mass is 9.84. The molecule has 4 rings (SSSR count). The number of aromatic nitrogens is 1. The minimum atomic E-state index is 0.0819. The van der Waals surface area contributed by atoms with Gasteiger partial charge in [0.2, 0.25) is 0 Å². The van der Waals surface area contributed by atoms with Crippen molar-refractivity contribution in [2.45, 2.75) is 50.5 Å². The minimum absolute atomic E-state index is 0.0819. The molecule has 0 saturated carbocycles. The van der Waals surface area contributed by atoms with Gasteiger partial charge in [-0.3, -0.25) is 9.78 Å². The largest absolute Gasteiger partial charge is 0.375 e. The maximum atomic E-state index is 12.5. The summed E-state index contributed by atoms with van der Waals surface area (Å²) in [5.41, 5.74) is 0.771. The van der Waals surface area contributed by atoms with Crippen molar-refractivity contribution < 1.29 is 9.53 Å². The number of rotatable bonds is 3. The predicted octanol–water partition coefficient (Wildman–Crippen LogP) is 2.97. The van der Waals surface area contributed by atoms with E-state index in [1.54, 1.807) is 6.20 Å². The molecule has 0 unspecified atom stereocenters. The Morgan fingerprint density at radius 1 is 1.12 bits per heavy atom. The van der Waals surface area contributed by atoms with Crippen LogP contribution in [-0.2, 0) is 4.74 Å². The van der Waals surface area contributed by atoms with Gasteiger partial charge in [0.15, 0.2) is 0 Å². The van der Waals surface area contributed by atoms with Gasteiger partial charge in [0.1, 0.15) is 5.69 Å². The van der Waals surface area contributed by atoms with Gasteiger partial charge in [-0.25, -0.2) is 0 Å². The summed E-state index contributed by atoms with van der Waals surface area (Å²) >= 11 is 0. The van der Waals surface area contributed by atoms with Gasteiger partial charge in [0, 0.05) is 45.5 Å². The van der Waals surface area contributed by atoms with Gasteiger partial charge in [-0.15, -0.1) is 0 Å². The highest BCUT2D eigenvalue weighted by Crippen LogP contribution is 2.35. The van der Waals surface area contributed by atoms with Crippen LogP contribution in [0.5, 0.6) is 0 Å². The summed E-state index contributed by atoms with van der Waals surface area (Å²) in [7, 11) is 0. The molecule has 4 heterocycles. The maximum Gasteiger partial charge on any atom is 0.272 e. The highest BCUT2D eigenvalue weighted by molar-refractivity contribution is 5.92. The molecule has 3 fully saturated rings. The normalized spacial score (nSPS) is 24.7. The van der Waals surface area contributed by atoms with Crippen molar-refractivity contribution >= 4 is 5.91 Å². The number of likely N-dealkylation sites (tertiary alicyclic amines) is 2. The number of ether oxygens (including phenoxy) is 1. The number of piperidine rings is 2. The van der Waals surface area contributed by atoms with E-state index in [0.29, 0.717) is 11.6 Å². The summed E-state index contributed by atoms with van der Waals surface area (Å²) in [5.74, 6) is 0.794. The number of nitrogens with zero attached hydrogens (tertiary/aromatic N) is 3. The molecule has 1 aromatic rings. The average molecular weight is 357 g/mol. The molecule has 1 aromatic heterocycles. The van der Waals surface area contributed by atoms with E-state index in [-0.39, 0.29) is 11.5 Å². The summed E-state index contributed by atoms with van der Waals surface area (Å²) in [4.78, 5) is 21.3. The Morgan fingerprint density at radius 3 is 2.58 bits per heavy atom. The molecule has 1 amide bonds. The summed E-state index contributed by atoms with van der Waals surface area (Å²) in [5, 5.41) is 0. The monoisotopic (exact) mass is 357 g/mol. The zero-order valence-corrected chi connectivity index (χ0v) is 15.7. The van der Waals surface area contributed by atoms with E-state index in [1.165, 1.54) is 51.7 Å². The summed E-state index contributed by atoms with van der Waals surface area (Å²) < 4.78 is 6.15. The van der Waals surface area contributed by atoms with E-state index in [2.05, 4.69) is 9.88 Å². The topological polar surface area (TPSA) is 45.7 Å². The molecule has 1 spiro atoms. The fourth-order valence-electron chi connectivity index (χ4n) is 4.78. The van der Waals surface area contributed by atoms with Gasteiger partial charge in [-0.1, -0.05) is 6.07 Å². The first kappa shape index (κ1) is 17.9. The first-order valence-electron chi connectivity index (χ1n) is 10.3. The molecule has 5 heteroatoms. The van der Waals surface area contributed by atoms with Gasteiger partial charge in [0.25, 0.3) is 5.91 Å². The van der Waals surface area contributed by atoms with Crippen LogP contribution < -0.4 is 0 Å². The van der Waals surface area contributed by atoms with Crippen LogP contribution in [0, 0.1) is 5.92 Å². The van der Waals surface area contributed by atoms with Gasteiger partial charge < -0.3 is 14.5 Å². The molecule has 3 aliphatic heterocycles. The predicted molar refractivity (Wildman–Crippen MR) is 101 cm³/mol. The molecule has 0 aliphatic carbocycles. The second-order valence-electron chi connectivity index (χ2n) is 8.24. The quantitative estimate of drug-likeness (QED) is 0.834. The Hall–Kier alpha value is -1.46. The highest BCUT2D eigenvalue weighted by atomic mass is 16.5. The fraction of sp³-hybridized carbons (Fsp3) is 0.714. The van der Waals surface area contributed by atoms with E-state index in [9.17, 15) is 4.79 Å². The molecule has 142 valence electrons. The summed E-state index contributed by atoms with van der Waals surface area (Å²) in [6, 6.07) is 5.54. The van der Waals surface area contributed by atoms with E-state index < -0.39 is 0 Å². The third kappa shape index (κ3) is 4.09. The maximum absolute atomic E-state index is 12.5. The van der Waals surface area contributed by atoms with Crippen LogP contribution in [0.25, 0.3) is 0 Å². The Morgan fingerprint density at radius 2 is 1.92 bits per heavy atom. The van der Waals surface area contributed by atoms with Gasteiger partial charge >= 0.3 is 0 Å². The third-order valence-corrected chi connectivity index (χ3v) is 6.50. The molecule has 26 heavy (non-hydrogen) atoms. The smallest absolute Gasteiger partial charge is 0.272 e. The van der Waals surface area contributed by atoms with Crippen molar-refractivity contribution in [2.24, 2.45) is 5.92 Å². The molecular weight excluding hydrogens is 326 g/mol. The number of hydrogen-bond donors (Lipinski definition) is 0. The number of amides is 1. The fourth-order valence-corrected chi connectivity index (χ4v) is 4.78. The minimum Gasteiger partial charge on any atom is -0.375 e. The van der Waals surface area contributed by atoms with Crippen LogP contribution in [0.4, 0.5) is 0 Å². The van der Waals surface area contributed by atoms with E-state index >= 15 is 0 Å². The molecular formula is C21H31N3O2. The van der Waals surface area contributed by atoms with Crippen molar-refractivity contribution in [3.63, 3.8) is 0 Å². The van der Waals surface area contributed by atoms with Crippen molar-refractivity contribution in [3.8, 4) is 0 Å². The highest BCUT2D eigenvalue weighted by Gasteiger charge is 2.37. The second kappa shape index (κ2) is 8.05. The number of carbonyl (C=O) groups is 1. The number of carbonyl (C=O) groups excluding carboxylic acids is 1. The van der Waals surface area contributed by atoms with Crippen molar-refractivity contribution in [1.29, 1.82) is 0 Å². The lowest BCUT2D eigenvalue weighted by Crippen LogP contribution is -2.49. The molecule has 0 N–H and O–H groups in total. The van der Waals surface area contributed by atoms with Crippen LogP contribution in [-0.4, -0.2) is 65.6 Å². The summed E-state index contributed by atoms with van der Waals surface area (Å²) in [6.07, 6.45) is 10.1. The number of pyridine rings is 1. The van der Waals surface area contributed by atoms with Crippen LogP contribution in [0.15, 0.2) is 24.4 Å². The average Bonchev–Trinajstić information content (AvgIpc) is 2.71. The first-order chi connectivity index (χ1) is 12.7. The van der Waals surface area contributed by atoms with E-state index in [1.807, 2.05) is 23.1 Å². The Labute approximate surface area is 156 Å². The molecule has 3 saturated heterocycles. The molecule has 0 radical (unpaired) electrons. The van der Waals surface area contributed by atoms with Gasteiger partial charge in [0.05, 0.1) is 5.60 Å². The molecule has 0 bridgehead atoms. The number of hydrogen-bond acceptors (Lipinski definition) is 4.